The Morgan fingerprint density at radius 3 is 2.50 bits per heavy atom. The summed E-state index contributed by atoms with van der Waals surface area (Å²) in [5.41, 5.74) is 3.21. The summed E-state index contributed by atoms with van der Waals surface area (Å²) >= 11 is 0. The second-order valence-electron chi connectivity index (χ2n) is 5.69. The maximum atomic E-state index is 2.73. The summed E-state index contributed by atoms with van der Waals surface area (Å²) in [5.74, 6) is 0.808. The molecule has 1 heteroatoms. The molecule has 0 spiro atoms. The minimum absolute atomic E-state index is 0.658. The fraction of sp³-hybridized carbons (Fsp3) is 0.600. The molecule has 0 amide bonds. The van der Waals surface area contributed by atoms with Gasteiger partial charge in [0.05, 0.1) is 0 Å². The van der Waals surface area contributed by atoms with Gasteiger partial charge >= 0.3 is 0 Å². The van der Waals surface area contributed by atoms with E-state index in [-0.39, 0.29) is 0 Å². The van der Waals surface area contributed by atoms with E-state index in [0.717, 1.165) is 5.92 Å². The number of fused-ring (bicyclic) bond motifs is 5. The molecule has 1 saturated heterocycles. The summed E-state index contributed by atoms with van der Waals surface area (Å²) in [6, 6.07) is 11.1. The smallest absolute Gasteiger partial charge is 0.0385 e. The molecule has 1 nitrogen and oxygen atoms in total. The van der Waals surface area contributed by atoms with E-state index in [1.165, 1.54) is 12.8 Å². The van der Waals surface area contributed by atoms with Crippen molar-refractivity contribution in [1.82, 2.24) is 4.90 Å². The number of rotatable bonds is 1. The van der Waals surface area contributed by atoms with Crippen molar-refractivity contribution in [2.45, 2.75) is 51.7 Å². The molecule has 2 aliphatic heterocycles. The SMILES string of the molecule is CC(C)N1[C@H]2CC[C@@H](C)[C@@H]1c1ccccc12. The first kappa shape index (κ1) is 10.3. The quantitative estimate of drug-likeness (QED) is 0.686. The lowest BCUT2D eigenvalue weighted by Crippen LogP contribution is -2.39. The number of nitrogens with zero attached hydrogens (tertiary/aromatic N) is 1. The summed E-state index contributed by atoms with van der Waals surface area (Å²) in [7, 11) is 0. The summed E-state index contributed by atoms with van der Waals surface area (Å²) in [5, 5.41) is 0. The van der Waals surface area contributed by atoms with Crippen molar-refractivity contribution in [3.8, 4) is 0 Å². The first-order chi connectivity index (χ1) is 7.70. The Morgan fingerprint density at radius 1 is 1.12 bits per heavy atom. The Hall–Kier alpha value is -0.820. The molecule has 0 unspecified atom stereocenters. The molecule has 16 heavy (non-hydrogen) atoms. The highest BCUT2D eigenvalue weighted by molar-refractivity contribution is 5.39. The van der Waals surface area contributed by atoms with Crippen LogP contribution in [0.5, 0.6) is 0 Å². The van der Waals surface area contributed by atoms with Gasteiger partial charge in [-0.25, -0.2) is 0 Å². The Balaban J connectivity index is 2.11. The maximum absolute atomic E-state index is 2.73. The first-order valence-electron chi connectivity index (χ1n) is 6.56. The Morgan fingerprint density at radius 2 is 1.81 bits per heavy atom. The number of hydrogen-bond donors (Lipinski definition) is 0. The van der Waals surface area contributed by atoms with Gasteiger partial charge in [0.2, 0.25) is 0 Å². The molecule has 2 heterocycles. The fourth-order valence-electron chi connectivity index (χ4n) is 3.76. The van der Waals surface area contributed by atoms with E-state index in [2.05, 4.69) is 49.9 Å². The molecule has 1 aromatic carbocycles. The molecule has 1 fully saturated rings. The van der Waals surface area contributed by atoms with Crippen LogP contribution in [0.15, 0.2) is 24.3 Å². The van der Waals surface area contributed by atoms with Gasteiger partial charge in [0.25, 0.3) is 0 Å². The summed E-state index contributed by atoms with van der Waals surface area (Å²) in [6.45, 7) is 7.09. The normalized spacial score (nSPS) is 33.1. The monoisotopic (exact) mass is 215 g/mol. The lowest BCUT2D eigenvalue weighted by atomic mass is 9.89. The van der Waals surface area contributed by atoms with E-state index < -0.39 is 0 Å². The van der Waals surface area contributed by atoms with Crippen molar-refractivity contribution in [1.29, 1.82) is 0 Å². The molecule has 0 N–H and O–H groups in total. The maximum Gasteiger partial charge on any atom is 0.0385 e. The van der Waals surface area contributed by atoms with Gasteiger partial charge in [0, 0.05) is 18.1 Å². The van der Waals surface area contributed by atoms with Crippen LogP contribution in [0.3, 0.4) is 0 Å². The number of benzene rings is 1. The van der Waals surface area contributed by atoms with Crippen LogP contribution in [-0.2, 0) is 0 Å². The minimum Gasteiger partial charge on any atom is -0.287 e. The molecular formula is C15H21N. The first-order valence-corrected chi connectivity index (χ1v) is 6.56. The molecule has 3 rings (SSSR count). The molecule has 2 bridgehead atoms. The largest absolute Gasteiger partial charge is 0.287 e. The van der Waals surface area contributed by atoms with Gasteiger partial charge in [0.1, 0.15) is 0 Å². The topological polar surface area (TPSA) is 3.24 Å². The van der Waals surface area contributed by atoms with Gasteiger partial charge < -0.3 is 0 Å². The average Bonchev–Trinajstić information content (AvgIpc) is 2.54. The van der Waals surface area contributed by atoms with Crippen molar-refractivity contribution >= 4 is 0 Å². The highest BCUT2D eigenvalue weighted by Gasteiger charge is 2.44. The van der Waals surface area contributed by atoms with Gasteiger partial charge in [0.15, 0.2) is 0 Å². The van der Waals surface area contributed by atoms with Crippen LogP contribution < -0.4 is 0 Å². The zero-order valence-electron chi connectivity index (χ0n) is 10.5. The summed E-state index contributed by atoms with van der Waals surface area (Å²) < 4.78 is 0. The molecule has 0 saturated carbocycles. The number of hydrogen-bond acceptors (Lipinski definition) is 1. The van der Waals surface area contributed by atoms with E-state index in [0.29, 0.717) is 18.1 Å². The third kappa shape index (κ3) is 1.27. The lowest BCUT2D eigenvalue weighted by molar-refractivity contribution is 0.0395. The molecule has 0 radical (unpaired) electrons. The molecule has 1 aromatic rings. The fourth-order valence-corrected chi connectivity index (χ4v) is 3.76. The summed E-state index contributed by atoms with van der Waals surface area (Å²) in [6.07, 6.45) is 2.72. The third-order valence-electron chi connectivity index (χ3n) is 4.39. The van der Waals surface area contributed by atoms with E-state index in [4.69, 9.17) is 0 Å². The molecule has 0 aromatic heterocycles. The predicted octanol–water partition coefficient (Wildman–Crippen LogP) is 3.92. The van der Waals surface area contributed by atoms with Crippen molar-refractivity contribution in [3.63, 3.8) is 0 Å². The van der Waals surface area contributed by atoms with E-state index in [1.807, 2.05) is 0 Å². The van der Waals surface area contributed by atoms with E-state index in [1.54, 1.807) is 11.1 Å². The van der Waals surface area contributed by atoms with Crippen LogP contribution in [-0.4, -0.2) is 10.9 Å². The van der Waals surface area contributed by atoms with Crippen molar-refractivity contribution in [2.24, 2.45) is 5.92 Å². The zero-order chi connectivity index (χ0) is 11.3. The second kappa shape index (κ2) is 3.59. The highest BCUT2D eigenvalue weighted by atomic mass is 15.2. The van der Waals surface area contributed by atoms with Gasteiger partial charge in [-0.3, -0.25) is 4.90 Å². The number of piperidine rings is 1. The van der Waals surface area contributed by atoms with Gasteiger partial charge in [-0.2, -0.15) is 0 Å². The van der Waals surface area contributed by atoms with Crippen LogP contribution in [0, 0.1) is 5.92 Å². The Kier molecular flexibility index (Phi) is 2.32. The van der Waals surface area contributed by atoms with Gasteiger partial charge in [-0.05, 0) is 43.7 Å². The molecular weight excluding hydrogens is 194 g/mol. The van der Waals surface area contributed by atoms with Crippen LogP contribution in [0.2, 0.25) is 0 Å². The Bertz CT molecular complexity index is 396. The van der Waals surface area contributed by atoms with Gasteiger partial charge in [-0.1, -0.05) is 31.2 Å². The lowest BCUT2D eigenvalue weighted by Gasteiger charge is -2.41. The van der Waals surface area contributed by atoms with Crippen LogP contribution >= 0.6 is 0 Å². The molecule has 0 aliphatic carbocycles. The van der Waals surface area contributed by atoms with Crippen LogP contribution in [0.4, 0.5) is 0 Å². The van der Waals surface area contributed by atoms with Gasteiger partial charge in [-0.15, -0.1) is 0 Å². The van der Waals surface area contributed by atoms with Crippen LogP contribution in [0.1, 0.15) is 56.8 Å². The van der Waals surface area contributed by atoms with E-state index in [9.17, 15) is 0 Å². The minimum atomic E-state index is 0.658. The molecule has 2 aliphatic rings. The van der Waals surface area contributed by atoms with E-state index >= 15 is 0 Å². The predicted molar refractivity (Wildman–Crippen MR) is 67.3 cm³/mol. The highest BCUT2D eigenvalue weighted by Crippen LogP contribution is 2.53. The van der Waals surface area contributed by atoms with Crippen molar-refractivity contribution in [3.05, 3.63) is 35.4 Å². The van der Waals surface area contributed by atoms with Crippen molar-refractivity contribution < 1.29 is 0 Å². The Labute approximate surface area is 98.5 Å². The summed E-state index contributed by atoms with van der Waals surface area (Å²) in [4.78, 5) is 2.73. The molecule has 86 valence electrons. The third-order valence-corrected chi connectivity index (χ3v) is 4.39. The van der Waals surface area contributed by atoms with Crippen molar-refractivity contribution in [2.75, 3.05) is 0 Å². The zero-order valence-corrected chi connectivity index (χ0v) is 10.5. The standard InChI is InChI=1S/C15H21N/c1-10(2)16-14-9-8-11(3)15(16)13-7-5-4-6-12(13)14/h4-7,10-11,14-15H,8-9H2,1-3H3/t11-,14+,15-/m1/s1. The average molecular weight is 215 g/mol. The van der Waals surface area contributed by atoms with Crippen LogP contribution in [0.25, 0.3) is 0 Å². The second-order valence-corrected chi connectivity index (χ2v) is 5.69. The molecule has 3 atom stereocenters.